The van der Waals surface area contributed by atoms with Gasteiger partial charge in [0.15, 0.2) is 5.82 Å². The van der Waals surface area contributed by atoms with Crippen molar-refractivity contribution in [2.75, 3.05) is 6.54 Å². The molecular formula is C11H20N4O3. The number of hydrogen-bond acceptors (Lipinski definition) is 5. The van der Waals surface area contributed by atoms with E-state index in [1.54, 1.807) is 6.92 Å². The highest BCUT2D eigenvalue weighted by Gasteiger charge is 2.22. The van der Waals surface area contributed by atoms with Crippen molar-refractivity contribution in [1.82, 2.24) is 20.8 Å². The van der Waals surface area contributed by atoms with Crippen molar-refractivity contribution in [3.63, 3.8) is 0 Å². The number of aromatic nitrogens is 2. The standard InChI is InChI=1S/C11H20N4O3/c1-4-11(17,5-2)7-13-10(16)12-6-9-14-8(3)15-18-9/h17H,4-7H2,1-3H3,(H2,12,13,16). The highest BCUT2D eigenvalue weighted by molar-refractivity contribution is 5.73. The fourth-order valence-electron chi connectivity index (χ4n) is 1.38. The molecule has 3 N–H and O–H groups in total. The van der Waals surface area contributed by atoms with Gasteiger partial charge in [0.25, 0.3) is 0 Å². The maximum Gasteiger partial charge on any atom is 0.315 e. The molecule has 102 valence electrons. The van der Waals surface area contributed by atoms with E-state index in [1.807, 2.05) is 13.8 Å². The lowest BCUT2D eigenvalue weighted by molar-refractivity contribution is 0.0349. The van der Waals surface area contributed by atoms with Crippen molar-refractivity contribution >= 4 is 6.03 Å². The van der Waals surface area contributed by atoms with Crippen molar-refractivity contribution in [3.05, 3.63) is 11.7 Å². The minimum atomic E-state index is -0.849. The molecule has 0 fully saturated rings. The molecule has 1 heterocycles. The minimum absolute atomic E-state index is 0.170. The van der Waals surface area contributed by atoms with Gasteiger partial charge in [0, 0.05) is 6.54 Å². The van der Waals surface area contributed by atoms with E-state index >= 15 is 0 Å². The Morgan fingerprint density at radius 3 is 2.56 bits per heavy atom. The van der Waals surface area contributed by atoms with Crippen molar-refractivity contribution in [1.29, 1.82) is 0 Å². The normalized spacial score (nSPS) is 11.3. The Bertz CT molecular complexity index is 387. The van der Waals surface area contributed by atoms with Crippen LogP contribution < -0.4 is 10.6 Å². The Morgan fingerprint density at radius 2 is 2.06 bits per heavy atom. The van der Waals surface area contributed by atoms with Gasteiger partial charge in [-0.2, -0.15) is 4.98 Å². The predicted molar refractivity (Wildman–Crippen MR) is 64.8 cm³/mol. The van der Waals surface area contributed by atoms with Gasteiger partial charge < -0.3 is 20.3 Å². The molecule has 0 atom stereocenters. The summed E-state index contributed by atoms with van der Waals surface area (Å²) in [6.45, 7) is 5.85. The summed E-state index contributed by atoms with van der Waals surface area (Å²) in [4.78, 5) is 15.4. The van der Waals surface area contributed by atoms with E-state index < -0.39 is 5.60 Å². The van der Waals surface area contributed by atoms with Gasteiger partial charge in [0.05, 0.1) is 12.1 Å². The molecule has 0 unspecified atom stereocenters. The van der Waals surface area contributed by atoms with Gasteiger partial charge in [-0.1, -0.05) is 19.0 Å². The first-order valence-corrected chi connectivity index (χ1v) is 6.02. The minimum Gasteiger partial charge on any atom is -0.388 e. The summed E-state index contributed by atoms with van der Waals surface area (Å²) in [5.41, 5.74) is -0.849. The summed E-state index contributed by atoms with van der Waals surface area (Å²) in [7, 11) is 0. The molecule has 0 saturated carbocycles. The van der Waals surface area contributed by atoms with Crippen molar-refractivity contribution < 1.29 is 14.4 Å². The molecule has 0 spiro atoms. The van der Waals surface area contributed by atoms with E-state index in [2.05, 4.69) is 20.8 Å². The zero-order valence-corrected chi connectivity index (χ0v) is 11.0. The largest absolute Gasteiger partial charge is 0.388 e. The summed E-state index contributed by atoms with van der Waals surface area (Å²) < 4.78 is 4.85. The molecule has 2 amide bonds. The molecule has 1 aromatic heterocycles. The second-order valence-corrected chi connectivity index (χ2v) is 4.20. The Labute approximate surface area is 106 Å². The van der Waals surface area contributed by atoms with Crippen LogP contribution in [0, 0.1) is 6.92 Å². The number of aryl methyl sites for hydroxylation is 1. The quantitative estimate of drug-likeness (QED) is 0.696. The van der Waals surface area contributed by atoms with Crippen LogP contribution in [0.1, 0.15) is 38.4 Å². The SMILES string of the molecule is CCC(O)(CC)CNC(=O)NCc1nc(C)no1. The molecule has 0 radical (unpaired) electrons. The monoisotopic (exact) mass is 256 g/mol. The third-order valence-corrected chi connectivity index (χ3v) is 2.86. The van der Waals surface area contributed by atoms with Crippen LogP contribution in [-0.2, 0) is 6.54 Å². The Morgan fingerprint density at radius 1 is 1.39 bits per heavy atom. The number of hydrogen-bond donors (Lipinski definition) is 3. The van der Waals surface area contributed by atoms with Crippen LogP contribution in [0.15, 0.2) is 4.52 Å². The summed E-state index contributed by atoms with van der Waals surface area (Å²) in [6.07, 6.45) is 1.18. The van der Waals surface area contributed by atoms with Gasteiger partial charge in [-0.25, -0.2) is 4.79 Å². The van der Waals surface area contributed by atoms with Crippen LogP contribution in [0.25, 0.3) is 0 Å². The highest BCUT2D eigenvalue weighted by atomic mass is 16.5. The van der Waals surface area contributed by atoms with Crippen LogP contribution in [0.5, 0.6) is 0 Å². The average molecular weight is 256 g/mol. The molecule has 0 aliphatic rings. The number of carbonyl (C=O) groups is 1. The molecule has 0 saturated heterocycles. The van der Waals surface area contributed by atoms with Gasteiger partial charge in [-0.15, -0.1) is 0 Å². The van der Waals surface area contributed by atoms with Gasteiger partial charge in [-0.05, 0) is 19.8 Å². The summed E-state index contributed by atoms with van der Waals surface area (Å²) in [5, 5.41) is 18.8. The smallest absolute Gasteiger partial charge is 0.315 e. The zero-order valence-electron chi connectivity index (χ0n) is 11.0. The fraction of sp³-hybridized carbons (Fsp3) is 0.727. The summed E-state index contributed by atoms with van der Waals surface area (Å²) >= 11 is 0. The lowest BCUT2D eigenvalue weighted by atomic mass is 9.98. The van der Waals surface area contributed by atoms with Gasteiger partial charge in [0.1, 0.15) is 0 Å². The van der Waals surface area contributed by atoms with Crippen LogP contribution in [-0.4, -0.2) is 33.4 Å². The molecule has 0 aromatic carbocycles. The van der Waals surface area contributed by atoms with Crippen LogP contribution in [0.2, 0.25) is 0 Å². The Hall–Kier alpha value is -1.63. The molecule has 18 heavy (non-hydrogen) atoms. The number of nitrogens with zero attached hydrogens (tertiary/aromatic N) is 2. The summed E-state index contributed by atoms with van der Waals surface area (Å²) in [6, 6.07) is -0.369. The van der Waals surface area contributed by atoms with E-state index in [0.29, 0.717) is 24.6 Å². The lowest BCUT2D eigenvalue weighted by Gasteiger charge is -2.25. The number of rotatable bonds is 6. The molecule has 0 bridgehead atoms. The third kappa shape index (κ3) is 4.33. The highest BCUT2D eigenvalue weighted by Crippen LogP contribution is 2.12. The zero-order chi connectivity index (χ0) is 13.6. The second-order valence-electron chi connectivity index (χ2n) is 4.20. The number of nitrogens with one attached hydrogen (secondary N) is 2. The van der Waals surface area contributed by atoms with Gasteiger partial charge >= 0.3 is 6.03 Å². The maximum absolute atomic E-state index is 11.5. The number of carbonyl (C=O) groups excluding carboxylic acids is 1. The first kappa shape index (κ1) is 14.4. The second kappa shape index (κ2) is 6.34. The van der Waals surface area contributed by atoms with E-state index in [1.165, 1.54) is 0 Å². The topological polar surface area (TPSA) is 100 Å². The molecule has 7 nitrogen and oxygen atoms in total. The van der Waals surface area contributed by atoms with Crippen LogP contribution >= 0.6 is 0 Å². The van der Waals surface area contributed by atoms with E-state index in [4.69, 9.17) is 4.52 Å². The maximum atomic E-state index is 11.5. The molecule has 0 aliphatic carbocycles. The van der Waals surface area contributed by atoms with Crippen molar-refractivity contribution in [3.8, 4) is 0 Å². The number of urea groups is 1. The third-order valence-electron chi connectivity index (χ3n) is 2.86. The molecule has 7 heteroatoms. The Balaban J connectivity index is 2.30. The molecule has 1 rings (SSSR count). The number of amides is 2. The van der Waals surface area contributed by atoms with Gasteiger partial charge in [0.2, 0.25) is 5.89 Å². The predicted octanol–water partition coefficient (Wildman–Crippen LogP) is 0.728. The van der Waals surface area contributed by atoms with E-state index in [9.17, 15) is 9.90 Å². The summed E-state index contributed by atoms with van der Waals surface area (Å²) in [5.74, 6) is 0.877. The van der Waals surface area contributed by atoms with E-state index in [-0.39, 0.29) is 19.1 Å². The average Bonchev–Trinajstić information content (AvgIpc) is 2.79. The molecular weight excluding hydrogens is 236 g/mol. The van der Waals surface area contributed by atoms with Gasteiger partial charge in [-0.3, -0.25) is 0 Å². The van der Waals surface area contributed by atoms with Crippen molar-refractivity contribution in [2.45, 2.75) is 45.8 Å². The first-order valence-electron chi connectivity index (χ1n) is 6.02. The Kier molecular flexibility index (Phi) is 5.08. The lowest BCUT2D eigenvalue weighted by Crippen LogP contribution is -2.45. The van der Waals surface area contributed by atoms with E-state index in [0.717, 1.165) is 0 Å². The number of aliphatic hydroxyl groups is 1. The first-order chi connectivity index (χ1) is 8.49. The fourth-order valence-corrected chi connectivity index (χ4v) is 1.38. The van der Waals surface area contributed by atoms with Crippen molar-refractivity contribution in [2.24, 2.45) is 0 Å². The van der Waals surface area contributed by atoms with Crippen LogP contribution in [0.4, 0.5) is 4.79 Å². The molecule has 0 aliphatic heterocycles. The molecule has 1 aromatic rings. The van der Waals surface area contributed by atoms with Crippen LogP contribution in [0.3, 0.4) is 0 Å².